The summed E-state index contributed by atoms with van der Waals surface area (Å²) in [6, 6.07) is 8.92. The molecule has 1 saturated carbocycles. The zero-order valence-corrected chi connectivity index (χ0v) is 15.5. The Balaban J connectivity index is 1.98. The van der Waals surface area contributed by atoms with E-state index in [0.29, 0.717) is 12.8 Å². The lowest BCUT2D eigenvalue weighted by Crippen LogP contribution is -2.59. The number of ether oxygens (including phenoxy) is 2. The summed E-state index contributed by atoms with van der Waals surface area (Å²) >= 11 is 0. The third-order valence-electron chi connectivity index (χ3n) is 6.56. The van der Waals surface area contributed by atoms with E-state index in [2.05, 4.69) is 6.07 Å². The largest absolute Gasteiger partial charge is 0.447 e. The lowest BCUT2D eigenvalue weighted by atomic mass is 9.52. The summed E-state index contributed by atoms with van der Waals surface area (Å²) in [6.07, 6.45) is 2.81. The van der Waals surface area contributed by atoms with Gasteiger partial charge in [-0.3, -0.25) is 5.41 Å². The van der Waals surface area contributed by atoms with Crippen molar-refractivity contribution < 1.29 is 18.3 Å². The van der Waals surface area contributed by atoms with Gasteiger partial charge in [0, 0.05) is 6.42 Å². The number of nitrogens with zero attached hydrogens (tertiary/aromatic N) is 3. The fourth-order valence-electron chi connectivity index (χ4n) is 5.19. The Labute approximate surface area is 166 Å². The van der Waals surface area contributed by atoms with Gasteiger partial charge in [0.05, 0.1) is 24.1 Å². The van der Waals surface area contributed by atoms with E-state index >= 15 is 0 Å². The highest BCUT2D eigenvalue weighted by atomic mass is 19.2. The van der Waals surface area contributed by atoms with Crippen LogP contribution in [0.2, 0.25) is 0 Å². The average molecular weight is 396 g/mol. The summed E-state index contributed by atoms with van der Waals surface area (Å²) in [5.74, 6) is -4.70. The van der Waals surface area contributed by atoms with Crippen LogP contribution >= 0.6 is 0 Å². The second-order valence-electron chi connectivity index (χ2n) is 7.87. The summed E-state index contributed by atoms with van der Waals surface area (Å²) in [6.45, 7) is 0. The standard InChI is InChI=1S/C21H18F2N4O2/c22-14-7-6-13(9-15(14)23)17-19(10-24,11-25)20(12-26)16-5-3-1-2-4-8-21(16,28-17)29-18(20)27/h6-7,9,16-17,27H,1-5,8H2. The Bertz CT molecular complexity index is 993. The van der Waals surface area contributed by atoms with Crippen molar-refractivity contribution >= 4 is 5.90 Å². The number of benzene rings is 1. The van der Waals surface area contributed by atoms with E-state index in [0.717, 1.165) is 37.8 Å². The molecule has 6 nitrogen and oxygen atoms in total. The summed E-state index contributed by atoms with van der Waals surface area (Å²) in [5.41, 5.74) is -3.95. The second-order valence-corrected chi connectivity index (χ2v) is 7.87. The second kappa shape index (κ2) is 6.51. The molecule has 2 aliphatic heterocycles. The first-order valence-electron chi connectivity index (χ1n) is 9.55. The van der Waals surface area contributed by atoms with Gasteiger partial charge in [0.2, 0.25) is 17.1 Å². The number of hydrogen-bond acceptors (Lipinski definition) is 6. The number of rotatable bonds is 1. The number of hydrogen-bond donors (Lipinski definition) is 1. The molecule has 1 aliphatic carbocycles. The van der Waals surface area contributed by atoms with Crippen molar-refractivity contribution in [1.82, 2.24) is 0 Å². The van der Waals surface area contributed by atoms with Gasteiger partial charge >= 0.3 is 0 Å². The predicted molar refractivity (Wildman–Crippen MR) is 94.6 cm³/mol. The van der Waals surface area contributed by atoms with Gasteiger partial charge in [-0.2, -0.15) is 15.8 Å². The van der Waals surface area contributed by atoms with Gasteiger partial charge < -0.3 is 9.47 Å². The molecule has 1 N–H and O–H groups in total. The highest BCUT2D eigenvalue weighted by Gasteiger charge is 2.80. The summed E-state index contributed by atoms with van der Waals surface area (Å²) < 4.78 is 39.5. The SMILES string of the molecule is N#CC1(C#N)C(c2ccc(F)c(F)c2)OC23CCCCCCC2C1(C#N)C(=N)O3. The summed E-state index contributed by atoms with van der Waals surface area (Å²) in [4.78, 5) is 0. The van der Waals surface area contributed by atoms with Crippen molar-refractivity contribution in [3.8, 4) is 18.2 Å². The van der Waals surface area contributed by atoms with Crippen LogP contribution in [0, 0.1) is 67.8 Å². The molecule has 8 heteroatoms. The van der Waals surface area contributed by atoms with E-state index in [1.165, 1.54) is 6.07 Å². The normalized spacial score (nSPS) is 35.1. The first-order valence-corrected chi connectivity index (χ1v) is 9.55. The van der Waals surface area contributed by atoms with Crippen LogP contribution in [-0.4, -0.2) is 11.7 Å². The fraction of sp³-hybridized carbons (Fsp3) is 0.524. The first kappa shape index (κ1) is 19.3. The minimum Gasteiger partial charge on any atom is -0.447 e. The van der Waals surface area contributed by atoms with Crippen LogP contribution < -0.4 is 0 Å². The van der Waals surface area contributed by atoms with E-state index in [1.54, 1.807) is 0 Å². The van der Waals surface area contributed by atoms with Crippen molar-refractivity contribution in [3.63, 3.8) is 0 Å². The molecule has 4 unspecified atom stereocenters. The lowest BCUT2D eigenvalue weighted by Gasteiger charge is -2.50. The van der Waals surface area contributed by atoms with Crippen LogP contribution in [0.4, 0.5) is 8.78 Å². The molecule has 0 spiro atoms. The van der Waals surface area contributed by atoms with Crippen molar-refractivity contribution in [2.75, 3.05) is 0 Å². The minimum atomic E-state index is -2.15. The van der Waals surface area contributed by atoms with E-state index in [4.69, 9.17) is 14.9 Å². The Morgan fingerprint density at radius 1 is 1.00 bits per heavy atom. The maximum absolute atomic E-state index is 14.0. The molecular formula is C21H18F2N4O2. The molecule has 0 radical (unpaired) electrons. The van der Waals surface area contributed by atoms with E-state index in [1.807, 2.05) is 12.1 Å². The number of nitriles is 3. The van der Waals surface area contributed by atoms with Crippen molar-refractivity contribution in [3.05, 3.63) is 35.4 Å². The smallest absolute Gasteiger partial charge is 0.217 e. The first-order chi connectivity index (χ1) is 13.9. The van der Waals surface area contributed by atoms with Gasteiger partial charge in [0.15, 0.2) is 17.0 Å². The van der Waals surface area contributed by atoms with Crippen LogP contribution in [-0.2, 0) is 9.47 Å². The Kier molecular flexibility index (Phi) is 4.33. The maximum atomic E-state index is 14.0. The van der Waals surface area contributed by atoms with Gasteiger partial charge in [-0.1, -0.05) is 25.3 Å². The molecule has 2 saturated heterocycles. The zero-order chi connectivity index (χ0) is 20.9. The van der Waals surface area contributed by atoms with E-state index in [9.17, 15) is 24.6 Å². The van der Waals surface area contributed by atoms with Crippen LogP contribution in [0.5, 0.6) is 0 Å². The molecule has 3 fully saturated rings. The average Bonchev–Trinajstić information content (AvgIpc) is 2.87. The van der Waals surface area contributed by atoms with Crippen molar-refractivity contribution in [2.45, 2.75) is 50.4 Å². The molecule has 3 aliphatic rings. The molecule has 0 amide bonds. The molecule has 4 atom stereocenters. The molecular weight excluding hydrogens is 378 g/mol. The zero-order valence-electron chi connectivity index (χ0n) is 15.5. The fourth-order valence-corrected chi connectivity index (χ4v) is 5.19. The van der Waals surface area contributed by atoms with E-state index in [-0.39, 0.29) is 5.56 Å². The van der Waals surface area contributed by atoms with Crippen molar-refractivity contribution in [2.24, 2.45) is 16.7 Å². The van der Waals surface area contributed by atoms with Crippen LogP contribution in [0.3, 0.4) is 0 Å². The van der Waals surface area contributed by atoms with Gasteiger partial charge in [-0.05, 0) is 30.5 Å². The maximum Gasteiger partial charge on any atom is 0.217 e. The molecule has 29 heavy (non-hydrogen) atoms. The predicted octanol–water partition coefficient (Wildman–Crippen LogP) is 4.25. The monoisotopic (exact) mass is 396 g/mol. The van der Waals surface area contributed by atoms with E-state index < -0.39 is 46.2 Å². The highest BCUT2D eigenvalue weighted by molar-refractivity contribution is 5.89. The van der Waals surface area contributed by atoms with Crippen LogP contribution in [0.25, 0.3) is 0 Å². The third kappa shape index (κ3) is 2.29. The van der Waals surface area contributed by atoms with Crippen LogP contribution in [0.15, 0.2) is 18.2 Å². The Hall–Kier alpha value is -3.02. The summed E-state index contributed by atoms with van der Waals surface area (Å²) in [7, 11) is 0. The van der Waals surface area contributed by atoms with Gasteiger partial charge in [-0.15, -0.1) is 0 Å². The number of halogens is 2. The molecule has 0 aromatic heterocycles. The van der Waals surface area contributed by atoms with Crippen molar-refractivity contribution in [1.29, 1.82) is 21.2 Å². The Morgan fingerprint density at radius 3 is 2.38 bits per heavy atom. The van der Waals surface area contributed by atoms with Gasteiger partial charge in [0.1, 0.15) is 6.10 Å². The molecule has 4 rings (SSSR count). The highest BCUT2D eigenvalue weighted by Crippen LogP contribution is 2.68. The molecule has 2 bridgehead atoms. The van der Waals surface area contributed by atoms with Crippen LogP contribution in [0.1, 0.15) is 50.2 Å². The topological polar surface area (TPSA) is 114 Å². The Morgan fingerprint density at radius 2 is 1.72 bits per heavy atom. The molecule has 2 heterocycles. The molecule has 1 aromatic carbocycles. The molecule has 1 aromatic rings. The minimum absolute atomic E-state index is 0.0600. The van der Waals surface area contributed by atoms with Gasteiger partial charge in [0.25, 0.3) is 0 Å². The summed E-state index contributed by atoms with van der Waals surface area (Å²) in [5, 5.41) is 39.0. The van der Waals surface area contributed by atoms with Gasteiger partial charge in [-0.25, -0.2) is 8.78 Å². The third-order valence-corrected chi connectivity index (χ3v) is 6.56. The molecule has 148 valence electrons. The lowest BCUT2D eigenvalue weighted by molar-refractivity contribution is -0.289. The quantitative estimate of drug-likeness (QED) is 0.762. The number of nitrogens with one attached hydrogen (secondary N) is 1.